The minimum atomic E-state index is 0.0325. The average molecular weight is 368 g/mol. The smallest absolute Gasteiger partial charge is 0.257 e. The molecule has 2 fully saturated rings. The van der Waals surface area contributed by atoms with Gasteiger partial charge < -0.3 is 14.5 Å². The SMILES string of the molecule is COc1nc2ccccc2nc1N1CCCC(C(=O)N2CCC(C)CC2)C1. The minimum Gasteiger partial charge on any atom is -0.478 e. The lowest BCUT2D eigenvalue weighted by Gasteiger charge is -2.37. The summed E-state index contributed by atoms with van der Waals surface area (Å²) < 4.78 is 5.52. The molecule has 6 heteroatoms. The Kier molecular flexibility index (Phi) is 5.14. The normalized spacial score (nSPS) is 21.5. The maximum atomic E-state index is 13.0. The van der Waals surface area contributed by atoms with Gasteiger partial charge in [0, 0.05) is 26.2 Å². The van der Waals surface area contributed by atoms with Crippen LogP contribution in [-0.4, -0.2) is 54.1 Å². The summed E-state index contributed by atoms with van der Waals surface area (Å²) in [4.78, 5) is 26.7. The quantitative estimate of drug-likeness (QED) is 0.833. The number of nitrogens with zero attached hydrogens (tertiary/aromatic N) is 4. The Bertz CT molecular complexity index is 817. The fraction of sp³-hybridized carbons (Fsp3) is 0.571. The Hall–Kier alpha value is -2.37. The number of hydrogen-bond acceptors (Lipinski definition) is 5. The van der Waals surface area contributed by atoms with Crippen LogP contribution in [0.4, 0.5) is 5.82 Å². The van der Waals surface area contributed by atoms with Gasteiger partial charge in [-0.25, -0.2) is 9.97 Å². The van der Waals surface area contributed by atoms with Gasteiger partial charge in [-0.05, 0) is 43.7 Å². The van der Waals surface area contributed by atoms with Crippen molar-refractivity contribution >= 4 is 22.8 Å². The molecule has 0 saturated carbocycles. The molecule has 0 radical (unpaired) electrons. The lowest BCUT2D eigenvalue weighted by atomic mass is 9.93. The zero-order chi connectivity index (χ0) is 18.8. The van der Waals surface area contributed by atoms with E-state index in [1.54, 1.807) is 7.11 Å². The van der Waals surface area contributed by atoms with E-state index in [0.717, 1.165) is 68.1 Å². The molecule has 3 heterocycles. The molecule has 1 atom stereocenters. The Morgan fingerprint density at radius 2 is 1.78 bits per heavy atom. The van der Waals surface area contributed by atoms with Gasteiger partial charge in [-0.2, -0.15) is 0 Å². The molecular weight excluding hydrogens is 340 g/mol. The topological polar surface area (TPSA) is 58.6 Å². The molecule has 144 valence electrons. The van der Waals surface area contributed by atoms with E-state index in [1.165, 1.54) is 0 Å². The van der Waals surface area contributed by atoms with Crippen molar-refractivity contribution in [1.82, 2.24) is 14.9 Å². The molecule has 27 heavy (non-hydrogen) atoms. The monoisotopic (exact) mass is 368 g/mol. The highest BCUT2D eigenvalue weighted by molar-refractivity contribution is 5.81. The summed E-state index contributed by atoms with van der Waals surface area (Å²) in [5.74, 6) is 2.35. The van der Waals surface area contributed by atoms with Crippen LogP contribution in [-0.2, 0) is 4.79 Å². The average Bonchev–Trinajstić information content (AvgIpc) is 2.73. The predicted octanol–water partition coefficient (Wildman–Crippen LogP) is 3.11. The zero-order valence-corrected chi connectivity index (χ0v) is 16.2. The molecule has 2 saturated heterocycles. The number of aromatic nitrogens is 2. The van der Waals surface area contributed by atoms with Gasteiger partial charge in [0.25, 0.3) is 5.88 Å². The Labute approximate surface area is 160 Å². The first-order valence-corrected chi connectivity index (χ1v) is 10.00. The fourth-order valence-electron chi connectivity index (χ4n) is 4.18. The molecule has 0 aliphatic carbocycles. The number of likely N-dealkylation sites (tertiary alicyclic amines) is 1. The molecule has 0 bridgehead atoms. The Morgan fingerprint density at radius 3 is 2.48 bits per heavy atom. The summed E-state index contributed by atoms with van der Waals surface area (Å²) in [5, 5.41) is 0. The van der Waals surface area contributed by atoms with Crippen molar-refractivity contribution in [2.45, 2.75) is 32.6 Å². The first kappa shape index (κ1) is 18.0. The molecule has 2 aromatic rings. The molecule has 1 aromatic heterocycles. The summed E-state index contributed by atoms with van der Waals surface area (Å²) in [6.07, 6.45) is 4.17. The number of ether oxygens (including phenoxy) is 1. The molecule has 0 N–H and O–H groups in total. The number of anilines is 1. The number of carbonyl (C=O) groups excluding carboxylic acids is 1. The van der Waals surface area contributed by atoms with Crippen LogP contribution >= 0.6 is 0 Å². The maximum Gasteiger partial charge on any atom is 0.257 e. The number of piperidine rings is 2. The second-order valence-corrected chi connectivity index (χ2v) is 7.84. The van der Waals surface area contributed by atoms with E-state index in [2.05, 4.69) is 21.7 Å². The number of benzene rings is 1. The van der Waals surface area contributed by atoms with Crippen molar-refractivity contribution in [3.63, 3.8) is 0 Å². The van der Waals surface area contributed by atoms with Gasteiger partial charge in [0.05, 0.1) is 24.1 Å². The van der Waals surface area contributed by atoms with Gasteiger partial charge in [0.15, 0.2) is 5.82 Å². The highest BCUT2D eigenvalue weighted by Gasteiger charge is 2.32. The number of rotatable bonds is 3. The second kappa shape index (κ2) is 7.71. The molecule has 0 spiro atoms. The van der Waals surface area contributed by atoms with E-state index >= 15 is 0 Å². The second-order valence-electron chi connectivity index (χ2n) is 7.84. The molecule has 6 nitrogen and oxygen atoms in total. The number of para-hydroxylation sites is 2. The third-order valence-electron chi connectivity index (χ3n) is 5.88. The van der Waals surface area contributed by atoms with Crippen LogP contribution in [0.2, 0.25) is 0 Å². The van der Waals surface area contributed by atoms with Crippen LogP contribution in [0.3, 0.4) is 0 Å². The predicted molar refractivity (Wildman–Crippen MR) is 106 cm³/mol. The molecular formula is C21H28N4O2. The number of methoxy groups -OCH3 is 1. The summed E-state index contributed by atoms with van der Waals surface area (Å²) >= 11 is 0. The third-order valence-corrected chi connectivity index (χ3v) is 5.88. The summed E-state index contributed by atoms with van der Waals surface area (Å²) in [6, 6.07) is 7.82. The third kappa shape index (κ3) is 3.70. The first-order chi connectivity index (χ1) is 13.2. The van der Waals surface area contributed by atoms with Crippen molar-refractivity contribution in [2.24, 2.45) is 11.8 Å². The van der Waals surface area contributed by atoms with E-state index in [9.17, 15) is 4.79 Å². The number of carbonyl (C=O) groups is 1. The summed E-state index contributed by atoms with van der Waals surface area (Å²) in [5.41, 5.74) is 1.68. The van der Waals surface area contributed by atoms with Gasteiger partial charge >= 0.3 is 0 Å². The summed E-state index contributed by atoms with van der Waals surface area (Å²) in [7, 11) is 1.63. The van der Waals surface area contributed by atoms with E-state index in [1.807, 2.05) is 24.3 Å². The lowest BCUT2D eigenvalue weighted by Crippen LogP contribution is -2.47. The number of fused-ring (bicyclic) bond motifs is 1. The number of hydrogen-bond donors (Lipinski definition) is 0. The lowest BCUT2D eigenvalue weighted by molar-refractivity contribution is -0.137. The van der Waals surface area contributed by atoms with Crippen LogP contribution in [0, 0.1) is 11.8 Å². The van der Waals surface area contributed by atoms with Crippen molar-refractivity contribution in [1.29, 1.82) is 0 Å². The van der Waals surface area contributed by atoms with Crippen LogP contribution in [0.5, 0.6) is 5.88 Å². The van der Waals surface area contributed by atoms with E-state index in [-0.39, 0.29) is 5.92 Å². The Morgan fingerprint density at radius 1 is 1.07 bits per heavy atom. The van der Waals surface area contributed by atoms with E-state index in [0.29, 0.717) is 18.3 Å². The van der Waals surface area contributed by atoms with Gasteiger partial charge in [0.1, 0.15) is 0 Å². The Balaban J connectivity index is 1.54. The molecule has 2 aliphatic heterocycles. The zero-order valence-electron chi connectivity index (χ0n) is 16.2. The molecule has 2 aliphatic rings. The molecule has 1 amide bonds. The van der Waals surface area contributed by atoms with Crippen molar-refractivity contribution in [2.75, 3.05) is 38.2 Å². The molecule has 1 unspecified atom stereocenters. The van der Waals surface area contributed by atoms with Gasteiger partial charge in [-0.15, -0.1) is 0 Å². The van der Waals surface area contributed by atoms with Crippen LogP contribution in [0.25, 0.3) is 11.0 Å². The van der Waals surface area contributed by atoms with Crippen LogP contribution < -0.4 is 9.64 Å². The van der Waals surface area contributed by atoms with Gasteiger partial charge in [0.2, 0.25) is 5.91 Å². The maximum absolute atomic E-state index is 13.0. The largest absolute Gasteiger partial charge is 0.478 e. The van der Waals surface area contributed by atoms with Crippen molar-refractivity contribution < 1.29 is 9.53 Å². The van der Waals surface area contributed by atoms with Crippen LogP contribution in [0.15, 0.2) is 24.3 Å². The highest BCUT2D eigenvalue weighted by atomic mass is 16.5. The van der Waals surface area contributed by atoms with Crippen molar-refractivity contribution in [3.05, 3.63) is 24.3 Å². The fourth-order valence-corrected chi connectivity index (χ4v) is 4.18. The standard InChI is InChI=1S/C21H28N4O2/c1-15-9-12-24(13-10-15)21(26)16-6-5-11-25(14-16)19-20(27-2)23-18-8-4-3-7-17(18)22-19/h3-4,7-8,15-16H,5-6,9-14H2,1-2H3. The number of amides is 1. The van der Waals surface area contributed by atoms with E-state index < -0.39 is 0 Å². The van der Waals surface area contributed by atoms with Crippen molar-refractivity contribution in [3.8, 4) is 5.88 Å². The van der Waals surface area contributed by atoms with Gasteiger partial charge in [-0.1, -0.05) is 19.1 Å². The molecule has 4 rings (SSSR count). The molecule has 1 aromatic carbocycles. The first-order valence-electron chi connectivity index (χ1n) is 10.00. The van der Waals surface area contributed by atoms with Gasteiger partial charge in [-0.3, -0.25) is 4.79 Å². The highest BCUT2D eigenvalue weighted by Crippen LogP contribution is 2.31. The van der Waals surface area contributed by atoms with Crippen LogP contribution in [0.1, 0.15) is 32.6 Å². The summed E-state index contributed by atoms with van der Waals surface area (Å²) in [6.45, 7) is 5.64. The minimum absolute atomic E-state index is 0.0325. The van der Waals surface area contributed by atoms with E-state index in [4.69, 9.17) is 9.72 Å².